The van der Waals surface area contributed by atoms with Crippen LogP contribution in [0.15, 0.2) is 16.7 Å². The first kappa shape index (κ1) is 18.3. The summed E-state index contributed by atoms with van der Waals surface area (Å²) in [5.41, 5.74) is 0. The minimum Gasteiger partial charge on any atom is -0.490 e. The van der Waals surface area contributed by atoms with Gasteiger partial charge in [-0.25, -0.2) is 0 Å². The minimum absolute atomic E-state index is 0.0355. The van der Waals surface area contributed by atoms with Crippen LogP contribution >= 0.6 is 0 Å². The number of ether oxygens (including phenoxy) is 1. The molecule has 1 aromatic rings. The Balaban J connectivity index is 2.09. The van der Waals surface area contributed by atoms with Crippen LogP contribution in [0.3, 0.4) is 0 Å². The number of hydrogen-bond acceptors (Lipinski definition) is 4. The van der Waals surface area contributed by atoms with Gasteiger partial charge in [-0.05, 0) is 6.42 Å². The van der Waals surface area contributed by atoms with Crippen molar-refractivity contribution < 1.29 is 23.8 Å². The number of unbranched alkanes of at least 4 members (excludes halogenated alkanes) is 7. The predicted octanol–water partition coefficient (Wildman–Crippen LogP) is 4.46. The number of rotatable bonds is 13. The quantitative estimate of drug-likeness (QED) is 0.331. The third-order valence-electron chi connectivity index (χ3n) is 3.43. The van der Waals surface area contributed by atoms with Crippen molar-refractivity contribution in [2.24, 2.45) is 0 Å². The number of carboxylic acids is 1. The molecule has 1 heterocycles. The van der Waals surface area contributed by atoms with Crippen molar-refractivity contribution in [2.45, 2.75) is 64.7 Å². The predicted molar refractivity (Wildman–Crippen MR) is 83.4 cm³/mol. The maximum Gasteiger partial charge on any atom is 0.311 e. The highest BCUT2D eigenvalue weighted by molar-refractivity contribution is 6.03. The van der Waals surface area contributed by atoms with E-state index < -0.39 is 18.2 Å². The van der Waals surface area contributed by atoms with E-state index in [1.807, 2.05) is 0 Å². The number of aliphatic carboxylic acids is 1. The van der Waals surface area contributed by atoms with Crippen molar-refractivity contribution in [3.05, 3.63) is 18.1 Å². The van der Waals surface area contributed by atoms with Crippen LogP contribution in [-0.2, 0) is 4.79 Å². The molecule has 0 radical (unpaired) electrons. The molecule has 0 atom stereocenters. The summed E-state index contributed by atoms with van der Waals surface area (Å²) in [6, 6.07) is 1.45. The van der Waals surface area contributed by atoms with Gasteiger partial charge in [-0.1, -0.05) is 51.9 Å². The first-order valence-electron chi connectivity index (χ1n) is 8.09. The SMILES string of the molecule is CCCCCCCCCCOc1coc(C(=O)CC(=O)O)c1. The van der Waals surface area contributed by atoms with Crippen molar-refractivity contribution in [3.8, 4) is 5.75 Å². The minimum atomic E-state index is -1.16. The van der Waals surface area contributed by atoms with Crippen LogP contribution in [-0.4, -0.2) is 23.5 Å². The molecule has 5 heteroatoms. The molecule has 0 aliphatic rings. The smallest absolute Gasteiger partial charge is 0.311 e. The molecule has 0 aliphatic heterocycles. The Labute approximate surface area is 131 Å². The first-order valence-corrected chi connectivity index (χ1v) is 8.09. The third kappa shape index (κ3) is 7.86. The molecule has 1 aromatic heterocycles. The number of hydrogen-bond donors (Lipinski definition) is 1. The van der Waals surface area contributed by atoms with Crippen molar-refractivity contribution in [1.82, 2.24) is 0 Å². The lowest BCUT2D eigenvalue weighted by molar-refractivity contribution is -0.135. The van der Waals surface area contributed by atoms with E-state index in [4.69, 9.17) is 14.3 Å². The summed E-state index contributed by atoms with van der Waals surface area (Å²) in [6.45, 7) is 2.80. The molecular weight excluding hydrogens is 284 g/mol. The lowest BCUT2D eigenvalue weighted by Gasteiger charge is -2.03. The lowest BCUT2D eigenvalue weighted by atomic mass is 10.1. The zero-order chi connectivity index (χ0) is 16.2. The molecule has 22 heavy (non-hydrogen) atoms. The molecule has 0 aliphatic carbocycles. The summed E-state index contributed by atoms with van der Waals surface area (Å²) in [5, 5.41) is 8.55. The molecular formula is C17H26O5. The van der Waals surface area contributed by atoms with Gasteiger partial charge in [0.15, 0.2) is 11.5 Å². The lowest BCUT2D eigenvalue weighted by Crippen LogP contribution is -2.05. The second-order valence-electron chi connectivity index (χ2n) is 5.46. The normalized spacial score (nSPS) is 10.6. The van der Waals surface area contributed by atoms with Crippen LogP contribution in [0.25, 0.3) is 0 Å². The van der Waals surface area contributed by atoms with Crippen molar-refractivity contribution in [2.75, 3.05) is 6.61 Å². The maximum absolute atomic E-state index is 11.5. The molecule has 0 bridgehead atoms. The van der Waals surface area contributed by atoms with Gasteiger partial charge in [-0.3, -0.25) is 9.59 Å². The molecule has 0 aromatic carbocycles. The van der Waals surface area contributed by atoms with Crippen LogP contribution in [0.1, 0.15) is 75.3 Å². The Bertz CT molecular complexity index is 450. The molecule has 0 amide bonds. The number of furan rings is 1. The average Bonchev–Trinajstić information content (AvgIpc) is 2.94. The number of ketones is 1. The fraction of sp³-hybridized carbons (Fsp3) is 0.647. The molecule has 124 valence electrons. The van der Waals surface area contributed by atoms with Crippen molar-refractivity contribution in [3.63, 3.8) is 0 Å². The van der Waals surface area contributed by atoms with E-state index in [9.17, 15) is 9.59 Å². The van der Waals surface area contributed by atoms with Crippen LogP contribution in [0.5, 0.6) is 5.75 Å². The summed E-state index contributed by atoms with van der Waals surface area (Å²) < 4.78 is 10.5. The Morgan fingerprint density at radius 2 is 1.73 bits per heavy atom. The van der Waals surface area contributed by atoms with Gasteiger partial charge in [0.2, 0.25) is 5.78 Å². The van der Waals surface area contributed by atoms with E-state index in [2.05, 4.69) is 6.92 Å². The van der Waals surface area contributed by atoms with Crippen LogP contribution in [0, 0.1) is 0 Å². The molecule has 0 saturated heterocycles. The zero-order valence-electron chi connectivity index (χ0n) is 13.3. The van der Waals surface area contributed by atoms with E-state index in [1.165, 1.54) is 50.9 Å². The molecule has 0 fully saturated rings. The number of carbonyl (C=O) groups is 2. The molecule has 0 unspecified atom stereocenters. The Morgan fingerprint density at radius 3 is 2.36 bits per heavy atom. The van der Waals surface area contributed by atoms with Gasteiger partial charge >= 0.3 is 5.97 Å². The standard InChI is InChI=1S/C17H26O5/c1-2-3-4-5-6-7-8-9-10-21-14-11-16(22-13-14)15(18)12-17(19)20/h11,13H,2-10,12H2,1H3,(H,19,20). The summed E-state index contributed by atoms with van der Waals surface area (Å²) in [5.74, 6) is -1.19. The van der Waals surface area contributed by atoms with Gasteiger partial charge in [0.25, 0.3) is 0 Å². The molecule has 0 saturated carbocycles. The fourth-order valence-corrected chi connectivity index (χ4v) is 2.19. The van der Waals surface area contributed by atoms with E-state index in [0.717, 1.165) is 12.8 Å². The summed E-state index contributed by atoms with van der Waals surface area (Å²) in [7, 11) is 0. The molecule has 5 nitrogen and oxygen atoms in total. The second kappa shape index (κ2) is 10.9. The van der Waals surface area contributed by atoms with E-state index in [1.54, 1.807) is 0 Å². The van der Waals surface area contributed by atoms with E-state index in [0.29, 0.717) is 12.4 Å². The van der Waals surface area contributed by atoms with Gasteiger partial charge in [-0.15, -0.1) is 0 Å². The van der Waals surface area contributed by atoms with Crippen LogP contribution < -0.4 is 4.74 Å². The fourth-order valence-electron chi connectivity index (χ4n) is 2.19. The topological polar surface area (TPSA) is 76.7 Å². The molecule has 0 spiro atoms. The Hall–Kier alpha value is -1.78. The number of carbonyl (C=O) groups excluding carboxylic acids is 1. The zero-order valence-corrected chi connectivity index (χ0v) is 13.3. The van der Waals surface area contributed by atoms with E-state index in [-0.39, 0.29) is 5.76 Å². The number of Topliss-reactive ketones (excluding diaryl/α,β-unsaturated/α-hetero) is 1. The second-order valence-corrected chi connectivity index (χ2v) is 5.46. The van der Waals surface area contributed by atoms with E-state index >= 15 is 0 Å². The maximum atomic E-state index is 11.5. The Kier molecular flexibility index (Phi) is 9.03. The van der Waals surface area contributed by atoms with Crippen LogP contribution in [0.2, 0.25) is 0 Å². The third-order valence-corrected chi connectivity index (χ3v) is 3.43. The largest absolute Gasteiger partial charge is 0.490 e. The van der Waals surface area contributed by atoms with Gasteiger partial charge in [0.05, 0.1) is 6.61 Å². The van der Waals surface area contributed by atoms with Gasteiger partial charge in [0.1, 0.15) is 12.7 Å². The summed E-state index contributed by atoms with van der Waals surface area (Å²) in [6.07, 6.45) is 10.6. The monoisotopic (exact) mass is 310 g/mol. The van der Waals surface area contributed by atoms with Gasteiger partial charge < -0.3 is 14.3 Å². The van der Waals surface area contributed by atoms with Crippen molar-refractivity contribution in [1.29, 1.82) is 0 Å². The molecule has 1 N–H and O–H groups in total. The number of carboxylic acid groups (broad SMARTS) is 1. The average molecular weight is 310 g/mol. The van der Waals surface area contributed by atoms with Crippen LogP contribution in [0.4, 0.5) is 0 Å². The highest BCUT2D eigenvalue weighted by Crippen LogP contribution is 2.18. The van der Waals surface area contributed by atoms with Crippen molar-refractivity contribution >= 4 is 11.8 Å². The summed E-state index contributed by atoms with van der Waals surface area (Å²) >= 11 is 0. The molecule has 1 rings (SSSR count). The first-order chi connectivity index (χ1) is 10.6. The van der Waals surface area contributed by atoms with Gasteiger partial charge in [-0.2, -0.15) is 0 Å². The highest BCUT2D eigenvalue weighted by Gasteiger charge is 2.15. The summed E-state index contributed by atoms with van der Waals surface area (Å²) in [4.78, 5) is 21.9. The van der Waals surface area contributed by atoms with Gasteiger partial charge in [0, 0.05) is 6.07 Å². The Morgan fingerprint density at radius 1 is 1.09 bits per heavy atom. The highest BCUT2D eigenvalue weighted by atomic mass is 16.5.